The van der Waals surface area contributed by atoms with Crippen molar-refractivity contribution in [2.75, 3.05) is 5.75 Å². The zero-order valence-corrected chi connectivity index (χ0v) is 15.6. The fourth-order valence-corrected chi connectivity index (χ4v) is 4.36. The Morgan fingerprint density at radius 1 is 1.11 bits per heavy atom. The Bertz CT molecular complexity index is 1020. The first-order valence-electron chi connectivity index (χ1n) is 8.95. The van der Waals surface area contributed by atoms with Crippen LogP contribution in [-0.2, 0) is 19.4 Å². The van der Waals surface area contributed by atoms with Gasteiger partial charge in [-0.3, -0.25) is 14.3 Å². The number of nitrogens with zero attached hydrogens (tertiary/aromatic N) is 3. The van der Waals surface area contributed by atoms with E-state index in [9.17, 15) is 9.59 Å². The third-order valence-electron chi connectivity index (χ3n) is 4.70. The zero-order chi connectivity index (χ0) is 18.6. The van der Waals surface area contributed by atoms with Gasteiger partial charge in [0.25, 0.3) is 0 Å². The highest BCUT2D eigenvalue weighted by atomic mass is 32.2. The minimum Gasteiger partial charge on any atom is -0.293 e. The first-order valence-corrected chi connectivity index (χ1v) is 9.93. The Hall–Kier alpha value is -2.73. The molecule has 0 radical (unpaired) electrons. The summed E-state index contributed by atoms with van der Waals surface area (Å²) in [5, 5.41) is 0.708. The van der Waals surface area contributed by atoms with Gasteiger partial charge in [0.05, 0.1) is 12.3 Å². The van der Waals surface area contributed by atoms with Gasteiger partial charge in [-0.1, -0.05) is 48.2 Å². The summed E-state index contributed by atoms with van der Waals surface area (Å²) in [5.74, 6) is 0.337. The van der Waals surface area contributed by atoms with E-state index in [2.05, 4.69) is 9.97 Å². The number of thioether (sulfide) groups is 1. The molecule has 1 aliphatic rings. The Morgan fingerprint density at radius 3 is 2.74 bits per heavy atom. The van der Waals surface area contributed by atoms with E-state index in [1.165, 1.54) is 11.8 Å². The van der Waals surface area contributed by atoms with Gasteiger partial charge in [-0.15, -0.1) is 0 Å². The number of pyridine rings is 1. The number of Topliss-reactive ketones (excluding diaryl/α,β-unsaturated/α-hetero) is 1. The number of carbonyl (C=O) groups excluding carboxylic acids is 1. The van der Waals surface area contributed by atoms with Crippen LogP contribution in [0.15, 0.2) is 64.7 Å². The van der Waals surface area contributed by atoms with E-state index in [-0.39, 0.29) is 17.2 Å². The van der Waals surface area contributed by atoms with Crippen LogP contribution in [0.5, 0.6) is 0 Å². The Kier molecular flexibility index (Phi) is 5.16. The molecule has 2 aromatic heterocycles. The summed E-state index contributed by atoms with van der Waals surface area (Å²) >= 11 is 1.37. The Morgan fingerprint density at radius 2 is 1.96 bits per heavy atom. The molecule has 0 unspecified atom stereocenters. The average molecular weight is 377 g/mol. The number of benzene rings is 1. The predicted molar refractivity (Wildman–Crippen MR) is 105 cm³/mol. The maximum absolute atomic E-state index is 12.7. The van der Waals surface area contributed by atoms with Gasteiger partial charge in [-0.05, 0) is 30.9 Å². The predicted octanol–water partition coefficient (Wildman–Crippen LogP) is 3.15. The van der Waals surface area contributed by atoms with Crippen molar-refractivity contribution >= 4 is 17.5 Å². The number of hydrogen-bond donors (Lipinski definition) is 0. The lowest BCUT2D eigenvalue weighted by Crippen LogP contribution is -2.28. The second-order valence-electron chi connectivity index (χ2n) is 6.50. The van der Waals surface area contributed by atoms with Crippen LogP contribution in [0.1, 0.15) is 33.6 Å². The molecule has 6 heteroatoms. The van der Waals surface area contributed by atoms with Gasteiger partial charge >= 0.3 is 5.69 Å². The van der Waals surface area contributed by atoms with Crippen molar-refractivity contribution in [3.8, 4) is 0 Å². The summed E-state index contributed by atoms with van der Waals surface area (Å²) in [6, 6.07) is 13.1. The van der Waals surface area contributed by atoms with Crippen LogP contribution in [-0.4, -0.2) is 26.1 Å². The van der Waals surface area contributed by atoms with Gasteiger partial charge in [-0.25, -0.2) is 4.79 Å². The largest absolute Gasteiger partial charge is 0.349 e. The van der Waals surface area contributed by atoms with Crippen molar-refractivity contribution < 1.29 is 4.79 Å². The molecule has 0 N–H and O–H groups in total. The molecular formula is C21H19N3O2S. The molecule has 0 spiro atoms. The summed E-state index contributed by atoms with van der Waals surface area (Å²) in [6.45, 7) is 0.482. The van der Waals surface area contributed by atoms with E-state index in [1.54, 1.807) is 17.0 Å². The molecule has 3 aromatic rings. The highest BCUT2D eigenvalue weighted by Gasteiger charge is 2.22. The van der Waals surface area contributed by atoms with Gasteiger partial charge < -0.3 is 0 Å². The second kappa shape index (κ2) is 7.88. The van der Waals surface area contributed by atoms with Gasteiger partial charge in [0.2, 0.25) is 0 Å². The summed E-state index contributed by atoms with van der Waals surface area (Å²) in [6.07, 6.45) is 6.27. The lowest BCUT2D eigenvalue weighted by molar-refractivity contribution is 0.102. The maximum atomic E-state index is 12.7. The van der Waals surface area contributed by atoms with E-state index in [1.807, 2.05) is 42.5 Å². The van der Waals surface area contributed by atoms with E-state index >= 15 is 0 Å². The van der Waals surface area contributed by atoms with E-state index < -0.39 is 0 Å². The topological polar surface area (TPSA) is 64.8 Å². The lowest BCUT2D eigenvalue weighted by Gasteiger charge is -2.14. The van der Waals surface area contributed by atoms with Gasteiger partial charge in [-0.2, -0.15) is 4.98 Å². The summed E-state index contributed by atoms with van der Waals surface area (Å²) < 4.78 is 1.75. The van der Waals surface area contributed by atoms with Crippen molar-refractivity contribution in [2.24, 2.45) is 0 Å². The average Bonchev–Trinajstić information content (AvgIpc) is 3.20. The molecule has 27 heavy (non-hydrogen) atoms. The molecule has 1 aromatic carbocycles. The van der Waals surface area contributed by atoms with Crippen molar-refractivity contribution in [3.05, 3.63) is 87.7 Å². The molecular weight excluding hydrogens is 358 g/mol. The summed E-state index contributed by atoms with van der Waals surface area (Å²) in [4.78, 5) is 33.5. The Labute approximate surface area is 161 Å². The molecule has 0 amide bonds. The molecule has 136 valence electrons. The van der Waals surface area contributed by atoms with Crippen LogP contribution in [0.2, 0.25) is 0 Å². The number of rotatable bonds is 6. The van der Waals surface area contributed by atoms with Crippen molar-refractivity contribution in [1.29, 1.82) is 0 Å². The lowest BCUT2D eigenvalue weighted by atomic mass is 10.2. The van der Waals surface area contributed by atoms with Crippen LogP contribution in [0.25, 0.3) is 0 Å². The second-order valence-corrected chi connectivity index (χ2v) is 7.47. The fraction of sp³-hybridized carbons (Fsp3) is 0.238. The smallest absolute Gasteiger partial charge is 0.293 e. The Balaban J connectivity index is 1.58. The molecule has 0 fully saturated rings. The van der Waals surface area contributed by atoms with Gasteiger partial charge in [0.1, 0.15) is 5.03 Å². The molecule has 0 saturated heterocycles. The van der Waals surface area contributed by atoms with E-state index in [0.717, 1.165) is 36.1 Å². The quantitative estimate of drug-likeness (QED) is 0.375. The summed E-state index contributed by atoms with van der Waals surface area (Å²) in [7, 11) is 0. The normalized spacial score (nSPS) is 12.7. The molecule has 2 heterocycles. The standard InChI is InChI=1S/C21H19N3O2S/c25-19(16-7-2-1-3-8-16)14-27-20-17-9-4-10-18(17)24(21(26)23-20)13-15-6-5-11-22-12-15/h1-3,5-8,11-12H,4,9-10,13-14H2. The van der Waals surface area contributed by atoms with Crippen LogP contribution < -0.4 is 5.69 Å². The third kappa shape index (κ3) is 3.85. The molecule has 4 rings (SSSR count). The van der Waals surface area contributed by atoms with E-state index in [4.69, 9.17) is 0 Å². The van der Waals surface area contributed by atoms with Crippen molar-refractivity contribution in [1.82, 2.24) is 14.5 Å². The number of carbonyl (C=O) groups is 1. The molecule has 0 aliphatic heterocycles. The molecule has 0 saturated carbocycles. The maximum Gasteiger partial charge on any atom is 0.349 e. The SMILES string of the molecule is O=C(CSc1nc(=O)n(Cc2cccnc2)c2c1CCC2)c1ccccc1. The molecule has 0 bridgehead atoms. The highest BCUT2D eigenvalue weighted by Crippen LogP contribution is 2.29. The number of ketones is 1. The number of fused-ring (bicyclic) bond motifs is 1. The number of hydrogen-bond acceptors (Lipinski definition) is 5. The van der Waals surface area contributed by atoms with Crippen LogP contribution >= 0.6 is 11.8 Å². The van der Waals surface area contributed by atoms with Crippen LogP contribution in [0.4, 0.5) is 0 Å². The first-order chi connectivity index (χ1) is 13.2. The first kappa shape index (κ1) is 17.7. The highest BCUT2D eigenvalue weighted by molar-refractivity contribution is 8.00. The molecule has 1 aliphatic carbocycles. The van der Waals surface area contributed by atoms with Gasteiger partial charge in [0, 0.05) is 29.2 Å². The minimum atomic E-state index is -0.255. The van der Waals surface area contributed by atoms with Crippen LogP contribution in [0.3, 0.4) is 0 Å². The van der Waals surface area contributed by atoms with Crippen molar-refractivity contribution in [2.45, 2.75) is 30.8 Å². The third-order valence-corrected chi connectivity index (χ3v) is 5.72. The van der Waals surface area contributed by atoms with Crippen molar-refractivity contribution in [3.63, 3.8) is 0 Å². The molecule has 0 atom stereocenters. The molecule has 5 nitrogen and oxygen atoms in total. The van der Waals surface area contributed by atoms with E-state index in [0.29, 0.717) is 17.1 Å². The van der Waals surface area contributed by atoms with Gasteiger partial charge in [0.15, 0.2) is 5.78 Å². The zero-order valence-electron chi connectivity index (χ0n) is 14.8. The monoisotopic (exact) mass is 377 g/mol. The minimum absolute atomic E-state index is 0.0497. The number of aromatic nitrogens is 3. The fourth-order valence-electron chi connectivity index (χ4n) is 3.38. The summed E-state index contributed by atoms with van der Waals surface area (Å²) in [5.41, 5.74) is 3.58. The van der Waals surface area contributed by atoms with Crippen LogP contribution in [0, 0.1) is 0 Å².